The Kier molecular flexibility index (Phi) is 9.17. The van der Waals surface area contributed by atoms with Crippen molar-refractivity contribution in [3.05, 3.63) is 0 Å². The number of nitrogens with zero attached hydrogens (tertiary/aromatic N) is 1. The standard InChI is InChI=1S/C11H23N3O4/c1-4-5-12-11(17)13-10(16)7-14(2)6-9(15)8-18-3/h9,15H,4-8H2,1-3H3,(H2,12,13,16,17). The van der Waals surface area contributed by atoms with E-state index in [1.165, 1.54) is 7.11 Å². The molecule has 0 spiro atoms. The number of likely N-dealkylation sites (N-methyl/N-ethyl adjacent to an activating group) is 1. The number of carbonyl (C=O) groups is 2. The number of ether oxygens (including phenoxy) is 1. The molecule has 0 aliphatic heterocycles. The molecule has 0 aromatic carbocycles. The van der Waals surface area contributed by atoms with E-state index in [1.54, 1.807) is 11.9 Å². The van der Waals surface area contributed by atoms with E-state index in [-0.39, 0.29) is 13.2 Å². The highest BCUT2D eigenvalue weighted by Crippen LogP contribution is 1.90. The number of rotatable bonds is 8. The first kappa shape index (κ1) is 16.8. The van der Waals surface area contributed by atoms with Gasteiger partial charge in [0, 0.05) is 20.2 Å². The summed E-state index contributed by atoms with van der Waals surface area (Å²) in [5, 5.41) is 14.2. The molecule has 0 fully saturated rings. The predicted octanol–water partition coefficient (Wildman–Crippen LogP) is -0.839. The molecule has 0 rings (SSSR count). The number of aliphatic hydroxyl groups excluding tert-OH is 1. The van der Waals surface area contributed by atoms with Crippen LogP contribution in [0.25, 0.3) is 0 Å². The molecule has 0 saturated carbocycles. The first-order chi connectivity index (χ1) is 8.49. The smallest absolute Gasteiger partial charge is 0.321 e. The molecule has 0 bridgehead atoms. The summed E-state index contributed by atoms with van der Waals surface area (Å²) in [6.45, 7) is 3.01. The molecule has 106 valence electrons. The van der Waals surface area contributed by atoms with Crippen molar-refractivity contribution >= 4 is 11.9 Å². The Hall–Kier alpha value is -1.18. The van der Waals surface area contributed by atoms with Crippen LogP contribution in [-0.2, 0) is 9.53 Å². The average Bonchev–Trinajstić information content (AvgIpc) is 2.25. The van der Waals surface area contributed by atoms with Gasteiger partial charge < -0.3 is 15.2 Å². The number of aliphatic hydroxyl groups is 1. The second-order valence-corrected chi connectivity index (χ2v) is 4.11. The van der Waals surface area contributed by atoms with Crippen LogP contribution in [0.2, 0.25) is 0 Å². The summed E-state index contributed by atoms with van der Waals surface area (Å²) in [5.74, 6) is -0.407. The predicted molar refractivity (Wildman–Crippen MR) is 67.2 cm³/mol. The van der Waals surface area contributed by atoms with Gasteiger partial charge in [0.15, 0.2) is 0 Å². The molecular formula is C11H23N3O4. The quantitative estimate of drug-likeness (QED) is 0.530. The molecule has 0 aliphatic rings. The highest BCUT2D eigenvalue weighted by Gasteiger charge is 2.13. The molecule has 0 saturated heterocycles. The zero-order chi connectivity index (χ0) is 14.0. The van der Waals surface area contributed by atoms with Crippen molar-refractivity contribution in [2.24, 2.45) is 0 Å². The molecule has 7 nitrogen and oxygen atoms in total. The van der Waals surface area contributed by atoms with Crippen LogP contribution in [-0.4, -0.2) is 68.4 Å². The van der Waals surface area contributed by atoms with E-state index in [9.17, 15) is 14.7 Å². The van der Waals surface area contributed by atoms with Crippen LogP contribution in [0, 0.1) is 0 Å². The topological polar surface area (TPSA) is 90.9 Å². The maximum atomic E-state index is 11.4. The summed E-state index contributed by atoms with van der Waals surface area (Å²) in [7, 11) is 3.18. The van der Waals surface area contributed by atoms with Crippen molar-refractivity contribution in [2.45, 2.75) is 19.4 Å². The van der Waals surface area contributed by atoms with Crippen LogP contribution < -0.4 is 10.6 Å². The van der Waals surface area contributed by atoms with E-state index in [2.05, 4.69) is 10.6 Å². The van der Waals surface area contributed by atoms with Crippen molar-refractivity contribution < 1.29 is 19.4 Å². The number of nitrogens with one attached hydrogen (secondary N) is 2. The minimum Gasteiger partial charge on any atom is -0.389 e. The number of hydrogen-bond acceptors (Lipinski definition) is 5. The van der Waals surface area contributed by atoms with Crippen molar-refractivity contribution in [3.63, 3.8) is 0 Å². The Morgan fingerprint density at radius 2 is 2.11 bits per heavy atom. The first-order valence-electron chi connectivity index (χ1n) is 5.92. The Balaban J connectivity index is 3.82. The summed E-state index contributed by atoms with van der Waals surface area (Å²) in [5.41, 5.74) is 0. The summed E-state index contributed by atoms with van der Waals surface area (Å²) < 4.78 is 4.78. The fourth-order valence-corrected chi connectivity index (χ4v) is 1.36. The normalized spacial score (nSPS) is 12.3. The van der Waals surface area contributed by atoms with E-state index in [1.807, 2.05) is 6.92 Å². The SMILES string of the molecule is CCCNC(=O)NC(=O)CN(C)CC(O)COC. The van der Waals surface area contributed by atoms with Crippen LogP contribution >= 0.6 is 0 Å². The Morgan fingerprint density at radius 3 is 2.67 bits per heavy atom. The van der Waals surface area contributed by atoms with Gasteiger partial charge in [-0.1, -0.05) is 6.92 Å². The fraction of sp³-hybridized carbons (Fsp3) is 0.818. The maximum absolute atomic E-state index is 11.4. The molecule has 18 heavy (non-hydrogen) atoms. The molecule has 0 radical (unpaired) electrons. The lowest BCUT2D eigenvalue weighted by Crippen LogP contribution is -2.45. The third-order valence-corrected chi connectivity index (χ3v) is 2.08. The number of imide groups is 1. The molecule has 0 aliphatic carbocycles. The minimum absolute atomic E-state index is 0.0420. The molecule has 0 aromatic rings. The third-order valence-electron chi connectivity index (χ3n) is 2.08. The van der Waals surface area contributed by atoms with Gasteiger partial charge in [-0.15, -0.1) is 0 Å². The van der Waals surface area contributed by atoms with Gasteiger partial charge in [-0.05, 0) is 13.5 Å². The van der Waals surface area contributed by atoms with Gasteiger partial charge >= 0.3 is 6.03 Å². The first-order valence-corrected chi connectivity index (χ1v) is 5.92. The zero-order valence-electron chi connectivity index (χ0n) is 11.2. The number of carbonyl (C=O) groups excluding carboxylic acids is 2. The molecule has 3 N–H and O–H groups in total. The zero-order valence-corrected chi connectivity index (χ0v) is 11.2. The lowest BCUT2D eigenvalue weighted by Gasteiger charge is -2.19. The summed E-state index contributed by atoms with van der Waals surface area (Å²) in [6, 6.07) is -0.493. The number of hydrogen-bond donors (Lipinski definition) is 3. The largest absolute Gasteiger partial charge is 0.389 e. The lowest BCUT2D eigenvalue weighted by atomic mass is 10.3. The van der Waals surface area contributed by atoms with Crippen LogP contribution in [0.1, 0.15) is 13.3 Å². The number of methoxy groups -OCH3 is 1. The molecular weight excluding hydrogens is 238 g/mol. The monoisotopic (exact) mass is 261 g/mol. The number of urea groups is 1. The Bertz CT molecular complexity index is 261. The average molecular weight is 261 g/mol. The van der Waals surface area contributed by atoms with Crippen molar-refractivity contribution in [1.29, 1.82) is 0 Å². The summed E-state index contributed by atoms with van der Waals surface area (Å²) in [6.07, 6.45) is 0.159. The highest BCUT2D eigenvalue weighted by atomic mass is 16.5. The Labute approximate surface area is 107 Å². The van der Waals surface area contributed by atoms with Crippen LogP contribution in [0.15, 0.2) is 0 Å². The second kappa shape index (κ2) is 9.81. The van der Waals surface area contributed by atoms with E-state index < -0.39 is 18.0 Å². The summed E-state index contributed by atoms with van der Waals surface area (Å²) >= 11 is 0. The highest BCUT2D eigenvalue weighted by molar-refractivity contribution is 5.95. The fourth-order valence-electron chi connectivity index (χ4n) is 1.36. The maximum Gasteiger partial charge on any atom is 0.321 e. The third kappa shape index (κ3) is 8.91. The minimum atomic E-state index is -0.651. The second-order valence-electron chi connectivity index (χ2n) is 4.11. The molecule has 0 aromatic heterocycles. The van der Waals surface area contributed by atoms with Gasteiger partial charge in [-0.25, -0.2) is 4.79 Å². The van der Waals surface area contributed by atoms with E-state index in [4.69, 9.17) is 4.74 Å². The van der Waals surface area contributed by atoms with Gasteiger partial charge in [-0.2, -0.15) is 0 Å². The molecule has 0 heterocycles. The van der Waals surface area contributed by atoms with Crippen molar-refractivity contribution in [3.8, 4) is 0 Å². The molecule has 1 unspecified atom stereocenters. The van der Waals surface area contributed by atoms with Crippen molar-refractivity contribution in [2.75, 3.05) is 40.4 Å². The summed E-state index contributed by atoms with van der Waals surface area (Å²) in [4.78, 5) is 24.2. The van der Waals surface area contributed by atoms with Gasteiger partial charge in [0.2, 0.25) is 5.91 Å². The number of amides is 3. The van der Waals surface area contributed by atoms with Gasteiger partial charge in [-0.3, -0.25) is 15.0 Å². The Morgan fingerprint density at radius 1 is 1.44 bits per heavy atom. The molecule has 7 heteroatoms. The van der Waals surface area contributed by atoms with Gasteiger partial charge in [0.05, 0.1) is 19.3 Å². The van der Waals surface area contributed by atoms with Crippen LogP contribution in [0.3, 0.4) is 0 Å². The van der Waals surface area contributed by atoms with Gasteiger partial charge in [0.25, 0.3) is 0 Å². The lowest BCUT2D eigenvalue weighted by molar-refractivity contribution is -0.121. The van der Waals surface area contributed by atoms with E-state index >= 15 is 0 Å². The van der Waals surface area contributed by atoms with Crippen LogP contribution in [0.4, 0.5) is 4.79 Å². The molecule has 3 amide bonds. The van der Waals surface area contributed by atoms with Crippen LogP contribution in [0.5, 0.6) is 0 Å². The van der Waals surface area contributed by atoms with E-state index in [0.717, 1.165) is 6.42 Å². The van der Waals surface area contributed by atoms with E-state index in [0.29, 0.717) is 13.1 Å². The van der Waals surface area contributed by atoms with Crippen molar-refractivity contribution in [1.82, 2.24) is 15.5 Å². The van der Waals surface area contributed by atoms with Gasteiger partial charge in [0.1, 0.15) is 0 Å². The molecule has 1 atom stereocenters.